The smallest absolute Gasteiger partial charge is 0.405 e. The molecule has 0 fully saturated rings. The van der Waals surface area contributed by atoms with Crippen LogP contribution < -0.4 is 4.74 Å². The predicted octanol–water partition coefficient (Wildman–Crippen LogP) is 3.19. The number of amides is 1. The first-order chi connectivity index (χ1) is 10.8. The average molecular weight is 363 g/mol. The molecule has 0 saturated heterocycles. The van der Waals surface area contributed by atoms with Crippen molar-refractivity contribution in [3.63, 3.8) is 0 Å². The number of carbonyl (C=O) groups excluding carboxylic acids is 1. The molecule has 0 unspecified atom stereocenters. The molecule has 0 spiro atoms. The molecule has 0 saturated carbocycles. The minimum Gasteiger partial charge on any atom is -0.405 e. The Kier molecular flexibility index (Phi) is 5.83. The van der Waals surface area contributed by atoms with E-state index in [0.717, 1.165) is 0 Å². The summed E-state index contributed by atoms with van der Waals surface area (Å²) in [7, 11) is 1.52. The van der Waals surface area contributed by atoms with Crippen LogP contribution in [0.15, 0.2) is 34.1 Å². The minimum absolute atomic E-state index is 0.0156. The summed E-state index contributed by atoms with van der Waals surface area (Å²) in [6.07, 6.45) is -4.77. The summed E-state index contributed by atoms with van der Waals surface area (Å²) in [5.41, 5.74) is 1.84. The van der Waals surface area contributed by atoms with E-state index >= 15 is 0 Å². The Balaban J connectivity index is 1.96. The SMILES string of the molecule is CN(Cc1ccccc1OC(F)(F)F)C(=O)CSc1nncs1. The number of alkyl halides is 3. The molecule has 0 radical (unpaired) electrons. The monoisotopic (exact) mass is 363 g/mol. The predicted molar refractivity (Wildman–Crippen MR) is 80.2 cm³/mol. The van der Waals surface area contributed by atoms with E-state index in [0.29, 0.717) is 4.34 Å². The maximum atomic E-state index is 12.4. The van der Waals surface area contributed by atoms with Crippen molar-refractivity contribution in [2.45, 2.75) is 17.2 Å². The first-order valence-corrected chi connectivity index (χ1v) is 8.18. The number of ether oxygens (including phenoxy) is 1. The lowest BCUT2D eigenvalue weighted by Crippen LogP contribution is -2.28. The summed E-state index contributed by atoms with van der Waals surface area (Å²) in [4.78, 5) is 13.4. The molecule has 0 aliphatic carbocycles. The van der Waals surface area contributed by atoms with Crippen molar-refractivity contribution in [2.75, 3.05) is 12.8 Å². The van der Waals surface area contributed by atoms with Crippen molar-refractivity contribution >= 4 is 29.0 Å². The van der Waals surface area contributed by atoms with Gasteiger partial charge in [-0.05, 0) is 6.07 Å². The van der Waals surface area contributed by atoms with Gasteiger partial charge in [0.2, 0.25) is 5.91 Å². The second-order valence-electron chi connectivity index (χ2n) is 4.40. The highest BCUT2D eigenvalue weighted by atomic mass is 32.2. The highest BCUT2D eigenvalue weighted by Crippen LogP contribution is 2.27. The van der Waals surface area contributed by atoms with Crippen LogP contribution in [0.4, 0.5) is 13.2 Å². The Morgan fingerprint density at radius 3 is 2.78 bits per heavy atom. The standard InChI is InChI=1S/C13H12F3N3O2S2/c1-19(11(20)7-22-12-18-17-8-23-12)6-9-4-2-3-5-10(9)21-13(14,15)16/h2-5,8H,6-7H2,1H3. The Hall–Kier alpha value is -1.81. The van der Waals surface area contributed by atoms with Gasteiger partial charge in [0, 0.05) is 19.2 Å². The quantitative estimate of drug-likeness (QED) is 0.738. The number of aromatic nitrogens is 2. The summed E-state index contributed by atoms with van der Waals surface area (Å²) in [5, 5.41) is 7.46. The second kappa shape index (κ2) is 7.64. The number of rotatable bonds is 6. The van der Waals surface area contributed by atoms with E-state index < -0.39 is 6.36 Å². The molecule has 23 heavy (non-hydrogen) atoms. The normalized spacial score (nSPS) is 11.3. The first kappa shape index (κ1) is 17.5. The van der Waals surface area contributed by atoms with Crippen LogP contribution in [0, 0.1) is 0 Å². The molecule has 1 aromatic heterocycles. The summed E-state index contributed by atoms with van der Waals surface area (Å²) in [6, 6.07) is 5.74. The van der Waals surface area contributed by atoms with Gasteiger partial charge in [0.15, 0.2) is 4.34 Å². The molecule has 0 N–H and O–H groups in total. The number of hydrogen-bond acceptors (Lipinski definition) is 6. The van der Waals surface area contributed by atoms with Crippen molar-refractivity contribution in [3.05, 3.63) is 35.3 Å². The van der Waals surface area contributed by atoms with E-state index in [4.69, 9.17) is 0 Å². The van der Waals surface area contributed by atoms with Crippen molar-refractivity contribution in [2.24, 2.45) is 0 Å². The largest absolute Gasteiger partial charge is 0.573 e. The van der Waals surface area contributed by atoms with Crippen LogP contribution in [0.25, 0.3) is 0 Å². The Bertz CT molecular complexity index is 650. The van der Waals surface area contributed by atoms with Gasteiger partial charge < -0.3 is 9.64 Å². The van der Waals surface area contributed by atoms with Gasteiger partial charge in [-0.25, -0.2) is 0 Å². The van der Waals surface area contributed by atoms with Gasteiger partial charge in [-0.1, -0.05) is 41.3 Å². The number of nitrogens with zero attached hydrogens (tertiary/aromatic N) is 3. The molecule has 1 heterocycles. The van der Waals surface area contributed by atoms with Gasteiger partial charge in [0.05, 0.1) is 5.75 Å². The fourth-order valence-corrected chi connectivity index (χ4v) is 3.09. The summed E-state index contributed by atoms with van der Waals surface area (Å²) < 4.78 is 41.8. The van der Waals surface area contributed by atoms with Crippen molar-refractivity contribution in [3.8, 4) is 5.75 Å². The number of thioether (sulfide) groups is 1. The molecular weight excluding hydrogens is 351 g/mol. The van der Waals surface area contributed by atoms with Crippen LogP contribution >= 0.6 is 23.1 Å². The maximum Gasteiger partial charge on any atom is 0.573 e. The summed E-state index contributed by atoms with van der Waals surface area (Å²) >= 11 is 2.55. The van der Waals surface area contributed by atoms with Crippen LogP contribution in [0.3, 0.4) is 0 Å². The molecule has 5 nitrogen and oxygen atoms in total. The highest BCUT2D eigenvalue weighted by Gasteiger charge is 2.32. The van der Waals surface area contributed by atoms with E-state index in [1.807, 2.05) is 0 Å². The molecule has 2 rings (SSSR count). The third kappa shape index (κ3) is 5.71. The number of para-hydroxylation sites is 1. The van der Waals surface area contributed by atoms with Crippen LogP contribution in [0.1, 0.15) is 5.56 Å². The van der Waals surface area contributed by atoms with Crippen LogP contribution in [-0.4, -0.2) is 40.2 Å². The van der Waals surface area contributed by atoms with Crippen LogP contribution in [-0.2, 0) is 11.3 Å². The third-order valence-electron chi connectivity index (χ3n) is 2.69. The zero-order valence-electron chi connectivity index (χ0n) is 11.9. The lowest BCUT2D eigenvalue weighted by atomic mass is 10.2. The molecule has 1 amide bonds. The first-order valence-electron chi connectivity index (χ1n) is 6.32. The summed E-state index contributed by atoms with van der Waals surface area (Å²) in [5.74, 6) is -0.406. The minimum atomic E-state index is -4.77. The molecule has 1 aromatic carbocycles. The van der Waals surface area contributed by atoms with E-state index in [9.17, 15) is 18.0 Å². The van der Waals surface area contributed by atoms with E-state index in [1.165, 1.54) is 53.2 Å². The van der Waals surface area contributed by atoms with Crippen LogP contribution in [0.2, 0.25) is 0 Å². The van der Waals surface area contributed by atoms with E-state index in [2.05, 4.69) is 14.9 Å². The Labute approximate surface area is 138 Å². The fourth-order valence-electron chi connectivity index (χ4n) is 1.66. The second-order valence-corrected chi connectivity index (χ2v) is 6.45. The lowest BCUT2D eigenvalue weighted by Gasteiger charge is -2.19. The van der Waals surface area contributed by atoms with Gasteiger partial charge in [0.1, 0.15) is 11.3 Å². The molecule has 124 valence electrons. The third-order valence-corrected chi connectivity index (χ3v) is 4.54. The maximum absolute atomic E-state index is 12.4. The number of hydrogen-bond donors (Lipinski definition) is 0. The highest BCUT2D eigenvalue weighted by molar-refractivity contribution is 8.01. The van der Waals surface area contributed by atoms with Crippen molar-refractivity contribution in [1.29, 1.82) is 0 Å². The lowest BCUT2D eigenvalue weighted by molar-refractivity contribution is -0.274. The van der Waals surface area contributed by atoms with E-state index in [1.54, 1.807) is 11.6 Å². The van der Waals surface area contributed by atoms with Crippen molar-refractivity contribution in [1.82, 2.24) is 15.1 Å². The molecule has 2 aromatic rings. The zero-order valence-corrected chi connectivity index (χ0v) is 13.5. The molecule has 0 atom stereocenters. The number of carbonyl (C=O) groups is 1. The van der Waals surface area contributed by atoms with Crippen molar-refractivity contribution < 1.29 is 22.7 Å². The van der Waals surface area contributed by atoms with Gasteiger partial charge in [-0.3, -0.25) is 4.79 Å². The molecule has 0 bridgehead atoms. The van der Waals surface area contributed by atoms with Gasteiger partial charge in [0.25, 0.3) is 0 Å². The Morgan fingerprint density at radius 2 is 2.13 bits per heavy atom. The zero-order chi connectivity index (χ0) is 16.9. The van der Waals surface area contributed by atoms with E-state index in [-0.39, 0.29) is 29.5 Å². The fraction of sp³-hybridized carbons (Fsp3) is 0.308. The number of benzene rings is 1. The topological polar surface area (TPSA) is 55.3 Å². The molecule has 0 aliphatic heterocycles. The summed E-state index contributed by atoms with van der Waals surface area (Å²) in [6.45, 7) is 0.0156. The Morgan fingerprint density at radius 1 is 1.39 bits per heavy atom. The molecular formula is C13H12F3N3O2S2. The molecule has 10 heteroatoms. The van der Waals surface area contributed by atoms with Gasteiger partial charge in [-0.2, -0.15) is 0 Å². The van der Waals surface area contributed by atoms with Crippen LogP contribution in [0.5, 0.6) is 5.75 Å². The average Bonchev–Trinajstić information content (AvgIpc) is 2.98. The molecule has 0 aliphatic rings. The van der Waals surface area contributed by atoms with Gasteiger partial charge in [-0.15, -0.1) is 23.4 Å². The number of halogens is 3. The van der Waals surface area contributed by atoms with Gasteiger partial charge >= 0.3 is 6.36 Å².